The van der Waals surface area contributed by atoms with Gasteiger partial charge in [0.1, 0.15) is 6.61 Å². The van der Waals surface area contributed by atoms with Crippen LogP contribution in [0.1, 0.15) is 36.8 Å². The average molecular weight is 425 g/mol. The van der Waals surface area contributed by atoms with Crippen molar-refractivity contribution >= 4 is 6.03 Å². The number of rotatable bonds is 9. The Bertz CT molecular complexity index is 834. The number of carbonyl (C=O) groups excluding carboxylic acids is 1. The maximum Gasteiger partial charge on any atom is 0.315 e. The van der Waals surface area contributed by atoms with Crippen LogP contribution >= 0.6 is 0 Å². The molecule has 7 nitrogen and oxygen atoms in total. The molecule has 0 spiro atoms. The zero-order valence-electron chi connectivity index (χ0n) is 18.1. The summed E-state index contributed by atoms with van der Waals surface area (Å²) in [6.45, 7) is 2.30. The lowest BCUT2D eigenvalue weighted by molar-refractivity contribution is 0.111. The van der Waals surface area contributed by atoms with E-state index in [0.717, 1.165) is 24.9 Å². The fourth-order valence-electron chi connectivity index (χ4n) is 4.77. The third-order valence-electron chi connectivity index (χ3n) is 6.24. The Morgan fingerprint density at radius 2 is 1.87 bits per heavy atom. The summed E-state index contributed by atoms with van der Waals surface area (Å²) >= 11 is 0. The summed E-state index contributed by atoms with van der Waals surface area (Å²) in [4.78, 5) is 19.4. The van der Waals surface area contributed by atoms with Gasteiger partial charge in [0.15, 0.2) is 0 Å². The topological polar surface area (TPSA) is 75.7 Å². The number of nitrogens with zero attached hydrogens (tertiary/aromatic N) is 2. The van der Waals surface area contributed by atoms with Gasteiger partial charge in [-0.2, -0.15) is 0 Å². The summed E-state index contributed by atoms with van der Waals surface area (Å²) in [5, 5.41) is 6.15. The summed E-state index contributed by atoms with van der Waals surface area (Å²) in [5.41, 5.74) is 2.22. The Balaban J connectivity index is 1.25. The Hall–Kier alpha value is -2.64. The van der Waals surface area contributed by atoms with Gasteiger partial charge in [-0.3, -0.25) is 4.90 Å². The number of hydrogen-bond donors (Lipinski definition) is 2. The van der Waals surface area contributed by atoms with Crippen molar-refractivity contribution in [3.63, 3.8) is 0 Å². The number of hydrogen-bond acceptors (Lipinski definition) is 5. The quantitative estimate of drug-likeness (QED) is 0.605. The van der Waals surface area contributed by atoms with Crippen LogP contribution in [0.4, 0.5) is 4.79 Å². The lowest BCUT2D eigenvalue weighted by atomic mass is 9.96. The van der Waals surface area contributed by atoms with Crippen molar-refractivity contribution in [3.05, 3.63) is 59.8 Å². The molecule has 0 aliphatic carbocycles. The number of methoxy groups -OCH3 is 1. The molecule has 2 bridgehead atoms. The van der Waals surface area contributed by atoms with Gasteiger partial charge in [-0.05, 0) is 37.3 Å². The maximum atomic E-state index is 12.5. The SMILES string of the molecule is COCCOc1ncccc1CNC(=O)NC1CC2CCC(C1)N2Cc1ccccc1. The second kappa shape index (κ2) is 10.6. The predicted octanol–water partition coefficient (Wildman–Crippen LogP) is 3.10. The normalized spacial score (nSPS) is 22.8. The van der Waals surface area contributed by atoms with Crippen molar-refractivity contribution < 1.29 is 14.3 Å². The highest BCUT2D eigenvalue weighted by Crippen LogP contribution is 2.36. The van der Waals surface area contributed by atoms with Crippen molar-refractivity contribution in [1.82, 2.24) is 20.5 Å². The molecule has 2 amide bonds. The highest BCUT2D eigenvalue weighted by Gasteiger charge is 2.40. The first-order chi connectivity index (χ1) is 15.2. The van der Waals surface area contributed by atoms with Crippen molar-refractivity contribution in [2.45, 2.75) is 56.9 Å². The molecule has 2 aromatic rings. The van der Waals surface area contributed by atoms with E-state index in [4.69, 9.17) is 9.47 Å². The monoisotopic (exact) mass is 424 g/mol. The molecular formula is C24H32N4O3. The van der Waals surface area contributed by atoms with Gasteiger partial charge in [0.05, 0.1) is 6.61 Å². The standard InChI is InChI=1S/C24H32N4O3/c1-30-12-13-31-23-19(8-5-11-25-23)16-26-24(29)27-20-14-21-9-10-22(15-20)28(21)17-18-6-3-2-4-7-18/h2-8,11,20-22H,9-10,12-17H2,1H3,(H2,26,27,29). The molecule has 2 fully saturated rings. The Kier molecular flexibility index (Phi) is 7.38. The zero-order chi connectivity index (χ0) is 21.5. The Labute approximate surface area is 184 Å². The van der Waals surface area contributed by atoms with Crippen molar-refractivity contribution in [2.75, 3.05) is 20.3 Å². The second-order valence-corrected chi connectivity index (χ2v) is 8.35. The minimum absolute atomic E-state index is 0.132. The van der Waals surface area contributed by atoms with Crippen LogP contribution in [0.3, 0.4) is 0 Å². The highest BCUT2D eigenvalue weighted by atomic mass is 16.5. The number of aromatic nitrogens is 1. The van der Waals surface area contributed by atoms with Gasteiger partial charge in [0, 0.05) is 50.1 Å². The van der Waals surface area contributed by atoms with Crippen molar-refractivity contribution in [2.24, 2.45) is 0 Å². The van der Waals surface area contributed by atoms with Crippen LogP contribution < -0.4 is 15.4 Å². The number of fused-ring (bicyclic) bond motifs is 2. The Morgan fingerprint density at radius 1 is 1.10 bits per heavy atom. The van der Waals surface area contributed by atoms with E-state index >= 15 is 0 Å². The van der Waals surface area contributed by atoms with Crippen LogP contribution in [0.15, 0.2) is 48.7 Å². The number of benzene rings is 1. The van der Waals surface area contributed by atoms with Gasteiger partial charge in [0.2, 0.25) is 5.88 Å². The third-order valence-corrected chi connectivity index (χ3v) is 6.24. The fraction of sp³-hybridized carbons (Fsp3) is 0.500. The van der Waals surface area contributed by atoms with E-state index in [1.54, 1.807) is 13.3 Å². The molecule has 0 saturated carbocycles. The smallest absolute Gasteiger partial charge is 0.315 e. The Morgan fingerprint density at radius 3 is 2.61 bits per heavy atom. The molecule has 1 aromatic heterocycles. The van der Waals surface area contributed by atoms with E-state index < -0.39 is 0 Å². The molecule has 166 valence electrons. The highest BCUT2D eigenvalue weighted by molar-refractivity contribution is 5.74. The second-order valence-electron chi connectivity index (χ2n) is 8.35. The molecule has 31 heavy (non-hydrogen) atoms. The van der Waals surface area contributed by atoms with E-state index in [0.29, 0.717) is 37.7 Å². The van der Waals surface area contributed by atoms with Crippen LogP contribution in [0, 0.1) is 0 Å². The van der Waals surface area contributed by atoms with Crippen LogP contribution in [0.5, 0.6) is 5.88 Å². The van der Waals surface area contributed by atoms with Gasteiger partial charge in [-0.1, -0.05) is 36.4 Å². The molecule has 2 unspecified atom stereocenters. The summed E-state index contributed by atoms with van der Waals surface area (Å²) in [6, 6.07) is 15.6. The molecule has 2 aliphatic rings. The number of amides is 2. The molecule has 3 heterocycles. The summed E-state index contributed by atoms with van der Waals surface area (Å²) in [7, 11) is 1.63. The van der Waals surface area contributed by atoms with E-state index in [-0.39, 0.29) is 12.1 Å². The van der Waals surface area contributed by atoms with E-state index in [1.165, 1.54) is 18.4 Å². The molecule has 4 rings (SSSR count). The minimum Gasteiger partial charge on any atom is -0.475 e. The van der Waals surface area contributed by atoms with Gasteiger partial charge in [-0.15, -0.1) is 0 Å². The number of nitrogens with one attached hydrogen (secondary N) is 2. The first-order valence-electron chi connectivity index (χ1n) is 11.1. The first-order valence-corrected chi connectivity index (χ1v) is 11.1. The van der Waals surface area contributed by atoms with Crippen molar-refractivity contribution in [3.8, 4) is 5.88 Å². The van der Waals surface area contributed by atoms with Gasteiger partial charge < -0.3 is 20.1 Å². The minimum atomic E-state index is -0.132. The van der Waals surface area contributed by atoms with E-state index in [9.17, 15) is 4.79 Å². The van der Waals surface area contributed by atoms with Crippen LogP contribution in [-0.4, -0.2) is 54.4 Å². The molecule has 0 radical (unpaired) electrons. The number of pyridine rings is 1. The maximum absolute atomic E-state index is 12.5. The van der Waals surface area contributed by atoms with Crippen LogP contribution in [0.2, 0.25) is 0 Å². The number of urea groups is 1. The summed E-state index contributed by atoms with van der Waals surface area (Å²) < 4.78 is 10.7. The molecule has 1 aromatic carbocycles. The van der Waals surface area contributed by atoms with Gasteiger partial charge in [-0.25, -0.2) is 9.78 Å². The summed E-state index contributed by atoms with van der Waals surface area (Å²) in [5.74, 6) is 0.534. The number of piperidine rings is 1. The lowest BCUT2D eigenvalue weighted by Crippen LogP contribution is -2.51. The summed E-state index contributed by atoms with van der Waals surface area (Å²) in [6.07, 6.45) is 6.14. The molecule has 7 heteroatoms. The predicted molar refractivity (Wildman–Crippen MR) is 119 cm³/mol. The molecule has 2 N–H and O–H groups in total. The molecule has 2 aliphatic heterocycles. The molecular weight excluding hydrogens is 392 g/mol. The van der Waals surface area contributed by atoms with Crippen molar-refractivity contribution in [1.29, 1.82) is 0 Å². The lowest BCUT2D eigenvalue weighted by Gasteiger charge is -2.39. The average Bonchev–Trinajstić information content (AvgIpc) is 3.01. The fourth-order valence-corrected chi connectivity index (χ4v) is 4.77. The number of ether oxygens (including phenoxy) is 2. The molecule has 2 atom stereocenters. The third kappa shape index (κ3) is 5.74. The zero-order valence-corrected chi connectivity index (χ0v) is 18.1. The van der Waals surface area contributed by atoms with Crippen LogP contribution in [-0.2, 0) is 17.8 Å². The first kappa shape index (κ1) is 21.6. The molecule has 2 saturated heterocycles. The van der Waals surface area contributed by atoms with Crippen LogP contribution in [0.25, 0.3) is 0 Å². The van der Waals surface area contributed by atoms with Gasteiger partial charge in [0.25, 0.3) is 0 Å². The van der Waals surface area contributed by atoms with E-state index in [2.05, 4.69) is 50.8 Å². The van der Waals surface area contributed by atoms with E-state index in [1.807, 2.05) is 12.1 Å². The van der Waals surface area contributed by atoms with Gasteiger partial charge >= 0.3 is 6.03 Å². The largest absolute Gasteiger partial charge is 0.475 e. The number of carbonyl (C=O) groups is 1.